The Balaban J connectivity index is 1.41. The number of rotatable bonds is 7. The van der Waals surface area contributed by atoms with Crippen LogP contribution in [-0.4, -0.2) is 71.1 Å². The predicted octanol–water partition coefficient (Wildman–Crippen LogP) is 3.23. The summed E-state index contributed by atoms with van der Waals surface area (Å²) in [6.45, 7) is 2.25. The molecule has 0 saturated carbocycles. The highest BCUT2D eigenvalue weighted by Gasteiger charge is 2.40. The van der Waals surface area contributed by atoms with Crippen molar-refractivity contribution in [1.82, 2.24) is 29.6 Å². The summed E-state index contributed by atoms with van der Waals surface area (Å²) in [5, 5.41) is 17.1. The Labute approximate surface area is 236 Å². The van der Waals surface area contributed by atoms with Crippen LogP contribution in [0.4, 0.5) is 10.2 Å². The predicted molar refractivity (Wildman–Crippen MR) is 147 cm³/mol. The van der Waals surface area contributed by atoms with E-state index in [-0.39, 0.29) is 43.4 Å². The molecule has 11 nitrogen and oxygen atoms in total. The zero-order valence-corrected chi connectivity index (χ0v) is 23.2. The molecule has 0 radical (unpaired) electrons. The number of carbonyl (C=O) groups excluding carboxylic acids is 3. The Bertz CT molecular complexity index is 1630. The van der Waals surface area contributed by atoms with Crippen LogP contribution in [0.25, 0.3) is 22.0 Å². The molecule has 4 heterocycles. The number of aromatic nitrogens is 5. The first kappa shape index (κ1) is 27.5. The van der Waals surface area contributed by atoms with Crippen molar-refractivity contribution in [1.29, 1.82) is 0 Å². The SMILES string of the molecule is CC(=O)c1nn(CC(=O)N2C[C@H](F)C[C@H]2C(=O)Nc2nc(Br)ccc2CO)c2ccc(-c3cnc(C)nc3)cc12. The Morgan fingerprint density at radius 3 is 2.60 bits per heavy atom. The number of halogens is 2. The van der Waals surface area contributed by atoms with Gasteiger partial charge in [0.2, 0.25) is 11.8 Å². The molecule has 2 atom stereocenters. The van der Waals surface area contributed by atoms with E-state index in [1.54, 1.807) is 43.6 Å². The minimum Gasteiger partial charge on any atom is -0.392 e. The van der Waals surface area contributed by atoms with Crippen molar-refractivity contribution >= 4 is 50.2 Å². The van der Waals surface area contributed by atoms with E-state index in [9.17, 15) is 23.9 Å². The van der Waals surface area contributed by atoms with Crippen molar-refractivity contribution in [3.05, 3.63) is 64.4 Å². The molecule has 0 bridgehead atoms. The second-order valence-corrected chi connectivity index (χ2v) is 10.3. The molecule has 1 fully saturated rings. The lowest BCUT2D eigenvalue weighted by Crippen LogP contribution is -2.44. The number of fused-ring (bicyclic) bond motifs is 1. The van der Waals surface area contributed by atoms with Gasteiger partial charge in [-0.1, -0.05) is 12.1 Å². The van der Waals surface area contributed by atoms with Crippen molar-refractivity contribution in [2.24, 2.45) is 0 Å². The van der Waals surface area contributed by atoms with E-state index < -0.39 is 24.0 Å². The maximum absolute atomic E-state index is 14.5. The number of anilines is 1. The number of likely N-dealkylation sites (tertiary alicyclic amines) is 1. The number of ketones is 1. The van der Waals surface area contributed by atoms with Crippen LogP contribution in [-0.2, 0) is 22.7 Å². The number of amides is 2. The van der Waals surface area contributed by atoms with Crippen LogP contribution in [0.1, 0.15) is 35.2 Å². The molecule has 40 heavy (non-hydrogen) atoms. The van der Waals surface area contributed by atoms with Crippen LogP contribution in [0.3, 0.4) is 0 Å². The number of carbonyl (C=O) groups is 3. The van der Waals surface area contributed by atoms with E-state index in [1.165, 1.54) is 16.5 Å². The van der Waals surface area contributed by atoms with Crippen LogP contribution in [0, 0.1) is 6.92 Å². The minimum absolute atomic E-state index is 0.121. The highest BCUT2D eigenvalue weighted by molar-refractivity contribution is 9.10. The van der Waals surface area contributed by atoms with Gasteiger partial charge in [0.05, 0.1) is 18.7 Å². The van der Waals surface area contributed by atoms with Gasteiger partial charge in [-0.2, -0.15) is 5.10 Å². The molecule has 1 aliphatic heterocycles. The summed E-state index contributed by atoms with van der Waals surface area (Å²) < 4.78 is 16.3. The standard InChI is InChI=1S/C27H25BrFN7O4/c1-14(38)25-20-7-16(18-9-30-15(2)31-10-18)3-5-21(20)36(34-25)12-24(39)35-11-19(29)8-22(35)27(40)33-26-17(13-37)4-6-23(28)32-26/h3-7,9-10,19,22,37H,8,11-13H2,1-2H3,(H,32,33,40)/t19-,22+/m1/s1. The molecule has 4 aromatic rings. The summed E-state index contributed by atoms with van der Waals surface area (Å²) in [5.41, 5.74) is 2.64. The fourth-order valence-electron chi connectivity index (χ4n) is 4.71. The smallest absolute Gasteiger partial charge is 0.248 e. The fraction of sp³-hybridized carbons (Fsp3) is 0.296. The molecular weight excluding hydrogens is 585 g/mol. The lowest BCUT2D eigenvalue weighted by molar-refractivity contribution is -0.137. The van der Waals surface area contributed by atoms with E-state index in [2.05, 4.69) is 41.3 Å². The number of nitrogens with one attached hydrogen (secondary N) is 1. The van der Waals surface area contributed by atoms with Crippen LogP contribution >= 0.6 is 15.9 Å². The fourth-order valence-corrected chi connectivity index (χ4v) is 5.02. The van der Waals surface area contributed by atoms with Crippen molar-refractivity contribution < 1.29 is 23.9 Å². The largest absolute Gasteiger partial charge is 0.392 e. The second-order valence-electron chi connectivity index (χ2n) is 9.50. The molecule has 1 saturated heterocycles. The summed E-state index contributed by atoms with van der Waals surface area (Å²) in [6, 6.07) is 7.48. The number of hydrogen-bond acceptors (Lipinski definition) is 8. The maximum atomic E-state index is 14.5. The minimum atomic E-state index is -1.39. The molecule has 1 aromatic carbocycles. The summed E-state index contributed by atoms with van der Waals surface area (Å²) in [7, 11) is 0. The molecule has 0 aliphatic carbocycles. The lowest BCUT2D eigenvalue weighted by Gasteiger charge is -2.24. The number of nitrogens with zero attached hydrogens (tertiary/aromatic N) is 6. The Morgan fingerprint density at radius 2 is 1.90 bits per heavy atom. The molecule has 0 spiro atoms. The van der Waals surface area contributed by atoms with E-state index in [1.807, 2.05) is 6.07 Å². The summed E-state index contributed by atoms with van der Waals surface area (Å²) in [5.74, 6) is -0.673. The number of Topliss-reactive ketones (excluding diaryl/α,β-unsaturated/α-hetero) is 1. The maximum Gasteiger partial charge on any atom is 0.248 e. The number of benzene rings is 1. The van der Waals surface area contributed by atoms with Crippen LogP contribution in [0.5, 0.6) is 0 Å². The quantitative estimate of drug-likeness (QED) is 0.240. The van der Waals surface area contributed by atoms with E-state index >= 15 is 0 Å². The molecule has 5 rings (SSSR count). The number of aliphatic hydroxyl groups is 1. The van der Waals surface area contributed by atoms with Gasteiger partial charge in [-0.25, -0.2) is 19.3 Å². The second kappa shape index (κ2) is 11.2. The molecule has 2 N–H and O–H groups in total. The Kier molecular flexibility index (Phi) is 7.68. The van der Waals surface area contributed by atoms with E-state index in [4.69, 9.17) is 0 Å². The molecule has 3 aromatic heterocycles. The molecule has 206 valence electrons. The van der Waals surface area contributed by atoms with E-state index in [0.717, 1.165) is 11.1 Å². The van der Waals surface area contributed by atoms with Gasteiger partial charge in [-0.05, 0) is 46.6 Å². The molecule has 1 aliphatic rings. The molecule has 2 amide bonds. The van der Waals surface area contributed by atoms with Crippen LogP contribution < -0.4 is 5.32 Å². The third-order valence-electron chi connectivity index (χ3n) is 6.71. The zero-order chi connectivity index (χ0) is 28.6. The lowest BCUT2D eigenvalue weighted by atomic mass is 10.0. The van der Waals surface area contributed by atoms with Crippen LogP contribution in [0.15, 0.2) is 47.3 Å². The Morgan fingerprint density at radius 1 is 1.15 bits per heavy atom. The highest BCUT2D eigenvalue weighted by Crippen LogP contribution is 2.28. The van der Waals surface area contributed by atoms with Gasteiger partial charge >= 0.3 is 0 Å². The van der Waals surface area contributed by atoms with Gasteiger partial charge in [-0.3, -0.25) is 19.1 Å². The van der Waals surface area contributed by atoms with Crippen molar-refractivity contribution in [3.8, 4) is 11.1 Å². The number of aryl methyl sites for hydroxylation is 1. The third kappa shape index (κ3) is 5.47. The number of pyridine rings is 1. The first-order valence-corrected chi connectivity index (χ1v) is 13.2. The number of aliphatic hydroxyl groups excluding tert-OH is 1. The first-order valence-electron chi connectivity index (χ1n) is 12.5. The van der Waals surface area contributed by atoms with Crippen molar-refractivity contribution in [2.45, 2.75) is 45.6 Å². The van der Waals surface area contributed by atoms with Gasteiger partial charge in [-0.15, -0.1) is 0 Å². The Hall–Kier alpha value is -4.10. The first-order chi connectivity index (χ1) is 19.1. The zero-order valence-electron chi connectivity index (χ0n) is 21.6. The van der Waals surface area contributed by atoms with Crippen molar-refractivity contribution in [3.63, 3.8) is 0 Å². The monoisotopic (exact) mass is 609 g/mol. The van der Waals surface area contributed by atoms with Gasteiger partial charge in [0.25, 0.3) is 0 Å². The van der Waals surface area contributed by atoms with Gasteiger partial charge in [0.1, 0.15) is 40.7 Å². The average Bonchev–Trinajstić information content (AvgIpc) is 3.50. The van der Waals surface area contributed by atoms with Gasteiger partial charge in [0.15, 0.2) is 5.78 Å². The third-order valence-corrected chi connectivity index (χ3v) is 7.15. The molecular formula is C27H25BrFN7O4. The number of hydrogen-bond donors (Lipinski definition) is 2. The van der Waals surface area contributed by atoms with Crippen molar-refractivity contribution in [2.75, 3.05) is 11.9 Å². The molecule has 0 unspecified atom stereocenters. The van der Waals surface area contributed by atoms with Gasteiger partial charge in [0, 0.05) is 42.3 Å². The summed E-state index contributed by atoms with van der Waals surface area (Å²) >= 11 is 3.22. The van der Waals surface area contributed by atoms with Crippen LogP contribution in [0.2, 0.25) is 0 Å². The normalized spacial score (nSPS) is 16.9. The van der Waals surface area contributed by atoms with E-state index in [0.29, 0.717) is 26.9 Å². The highest BCUT2D eigenvalue weighted by atomic mass is 79.9. The average molecular weight is 610 g/mol. The topological polar surface area (TPSA) is 143 Å². The summed E-state index contributed by atoms with van der Waals surface area (Å²) in [4.78, 5) is 52.7. The van der Waals surface area contributed by atoms with Gasteiger partial charge < -0.3 is 15.3 Å². The molecule has 13 heteroatoms. The summed E-state index contributed by atoms with van der Waals surface area (Å²) in [6.07, 6.45) is 1.79. The number of alkyl halides is 1.